The van der Waals surface area contributed by atoms with Gasteiger partial charge in [-0.05, 0) is 44.7 Å². The van der Waals surface area contributed by atoms with Crippen LogP contribution in [0.4, 0.5) is 0 Å². The Labute approximate surface area is 137 Å². The summed E-state index contributed by atoms with van der Waals surface area (Å²) in [5, 5.41) is -0.531. The van der Waals surface area contributed by atoms with Crippen LogP contribution >= 0.6 is 0 Å². The van der Waals surface area contributed by atoms with Crippen molar-refractivity contribution in [3.63, 3.8) is 0 Å². The van der Waals surface area contributed by atoms with Gasteiger partial charge in [-0.15, -0.1) is 0 Å². The van der Waals surface area contributed by atoms with Crippen molar-refractivity contribution in [1.82, 2.24) is 9.62 Å². The second-order valence-corrected chi connectivity index (χ2v) is 8.56. The first kappa shape index (κ1) is 16.5. The van der Waals surface area contributed by atoms with E-state index in [1.807, 2.05) is 0 Å². The Balaban J connectivity index is 1.66. The maximum Gasteiger partial charge on any atom is 0.289 e. The maximum absolute atomic E-state index is 12.6. The Kier molecular flexibility index (Phi) is 4.77. The molecule has 1 aromatic heterocycles. The van der Waals surface area contributed by atoms with Gasteiger partial charge >= 0.3 is 0 Å². The highest BCUT2D eigenvalue weighted by Crippen LogP contribution is 2.23. The van der Waals surface area contributed by atoms with Gasteiger partial charge in [-0.1, -0.05) is 12.8 Å². The Morgan fingerprint density at radius 1 is 1.22 bits per heavy atom. The zero-order chi connectivity index (χ0) is 16.4. The van der Waals surface area contributed by atoms with Crippen molar-refractivity contribution in [2.24, 2.45) is 0 Å². The number of sulfonamides is 1. The molecule has 2 heterocycles. The average molecular weight is 340 g/mol. The van der Waals surface area contributed by atoms with Crippen molar-refractivity contribution in [2.75, 3.05) is 13.1 Å². The molecule has 1 N–H and O–H groups in total. The number of hydrogen-bond donors (Lipinski definition) is 1. The van der Waals surface area contributed by atoms with Gasteiger partial charge < -0.3 is 9.32 Å². The molecule has 0 bridgehead atoms. The van der Waals surface area contributed by atoms with E-state index in [2.05, 4.69) is 4.72 Å². The Morgan fingerprint density at radius 3 is 2.61 bits per heavy atom. The molecule has 1 aliphatic heterocycles. The summed E-state index contributed by atoms with van der Waals surface area (Å²) >= 11 is 0. The van der Waals surface area contributed by atoms with Gasteiger partial charge in [0.05, 0.1) is 5.25 Å². The number of nitrogens with zero attached hydrogens (tertiary/aromatic N) is 1. The molecule has 1 amide bonds. The van der Waals surface area contributed by atoms with E-state index in [0.29, 0.717) is 25.1 Å². The standard InChI is InChI=1S/C16H24N2O4S/c1-12-8-9-15(22-12)16(19)18-10-4-7-14(11-18)23(20,21)17-13-5-2-3-6-13/h8-9,13-14,17H,2-7,10-11H2,1H3/t14-/m0/s1. The molecule has 2 aliphatic rings. The van der Waals surface area contributed by atoms with Crippen LogP contribution < -0.4 is 4.72 Å². The van der Waals surface area contributed by atoms with Gasteiger partial charge in [-0.3, -0.25) is 4.79 Å². The van der Waals surface area contributed by atoms with Gasteiger partial charge in [-0.25, -0.2) is 13.1 Å². The number of likely N-dealkylation sites (tertiary alicyclic amines) is 1. The third-order valence-electron chi connectivity index (χ3n) is 4.74. The summed E-state index contributed by atoms with van der Waals surface area (Å²) in [4.78, 5) is 14.0. The molecule has 0 aromatic carbocycles. The quantitative estimate of drug-likeness (QED) is 0.910. The van der Waals surface area contributed by atoms with Crippen LogP contribution in [-0.2, 0) is 10.0 Å². The SMILES string of the molecule is Cc1ccc(C(=O)N2CCC[C@H](S(=O)(=O)NC3CCCC3)C2)o1. The summed E-state index contributed by atoms with van der Waals surface area (Å²) in [5.74, 6) is 0.737. The molecular weight excluding hydrogens is 316 g/mol. The van der Waals surface area contributed by atoms with E-state index in [-0.39, 0.29) is 24.3 Å². The summed E-state index contributed by atoms with van der Waals surface area (Å²) in [6.07, 6.45) is 5.30. The molecule has 1 aliphatic carbocycles. The number of nitrogens with one attached hydrogen (secondary N) is 1. The normalized spacial score (nSPS) is 23.3. The summed E-state index contributed by atoms with van der Waals surface area (Å²) in [7, 11) is -3.38. The number of aryl methyl sites for hydroxylation is 1. The molecule has 0 radical (unpaired) electrons. The van der Waals surface area contributed by atoms with Crippen molar-refractivity contribution >= 4 is 15.9 Å². The van der Waals surface area contributed by atoms with E-state index in [0.717, 1.165) is 25.7 Å². The molecule has 6 nitrogen and oxygen atoms in total. The highest BCUT2D eigenvalue weighted by Gasteiger charge is 2.35. The van der Waals surface area contributed by atoms with Crippen LogP contribution in [0.25, 0.3) is 0 Å². The molecule has 3 rings (SSSR count). The van der Waals surface area contributed by atoms with Crippen LogP contribution in [-0.4, -0.2) is 43.6 Å². The number of amides is 1. The fraction of sp³-hybridized carbons (Fsp3) is 0.688. The lowest BCUT2D eigenvalue weighted by Gasteiger charge is -2.32. The van der Waals surface area contributed by atoms with Gasteiger partial charge in [-0.2, -0.15) is 0 Å². The van der Waals surface area contributed by atoms with Crippen molar-refractivity contribution in [1.29, 1.82) is 0 Å². The lowest BCUT2D eigenvalue weighted by molar-refractivity contribution is 0.0693. The van der Waals surface area contributed by atoms with Crippen LogP contribution in [0.3, 0.4) is 0 Å². The second kappa shape index (κ2) is 6.65. The lowest BCUT2D eigenvalue weighted by Crippen LogP contribution is -2.49. The van der Waals surface area contributed by atoms with Crippen LogP contribution in [0.1, 0.15) is 54.8 Å². The lowest BCUT2D eigenvalue weighted by atomic mass is 10.1. The van der Waals surface area contributed by atoms with Crippen molar-refractivity contribution < 1.29 is 17.6 Å². The van der Waals surface area contributed by atoms with Crippen LogP contribution in [0, 0.1) is 6.92 Å². The fourth-order valence-electron chi connectivity index (χ4n) is 3.45. The smallest absolute Gasteiger partial charge is 0.289 e. The summed E-state index contributed by atoms with van der Waals surface area (Å²) in [6.45, 7) is 2.60. The molecule has 0 unspecified atom stereocenters. The molecule has 1 saturated carbocycles. The zero-order valence-corrected chi connectivity index (χ0v) is 14.3. The predicted molar refractivity (Wildman–Crippen MR) is 86.7 cm³/mol. The molecule has 0 spiro atoms. The third kappa shape index (κ3) is 3.77. The molecule has 23 heavy (non-hydrogen) atoms. The first-order chi connectivity index (χ1) is 11.0. The molecule has 2 fully saturated rings. The number of rotatable bonds is 4. The Bertz CT molecular complexity index is 661. The predicted octanol–water partition coefficient (Wildman–Crippen LogP) is 2.05. The topological polar surface area (TPSA) is 79.6 Å². The van der Waals surface area contributed by atoms with E-state index >= 15 is 0 Å². The molecule has 1 saturated heterocycles. The first-order valence-electron chi connectivity index (χ1n) is 8.32. The number of piperidine rings is 1. The largest absolute Gasteiger partial charge is 0.456 e. The Morgan fingerprint density at radius 2 is 1.96 bits per heavy atom. The molecule has 128 valence electrons. The Hall–Kier alpha value is -1.34. The summed E-state index contributed by atoms with van der Waals surface area (Å²) < 4.78 is 33.4. The van der Waals surface area contributed by atoms with E-state index in [9.17, 15) is 13.2 Å². The van der Waals surface area contributed by atoms with Crippen LogP contribution in [0.2, 0.25) is 0 Å². The minimum Gasteiger partial charge on any atom is -0.456 e. The minimum absolute atomic E-state index is 0.0683. The van der Waals surface area contributed by atoms with Gasteiger partial charge in [0.15, 0.2) is 5.76 Å². The van der Waals surface area contributed by atoms with E-state index < -0.39 is 15.3 Å². The first-order valence-corrected chi connectivity index (χ1v) is 9.87. The van der Waals surface area contributed by atoms with Crippen molar-refractivity contribution in [3.8, 4) is 0 Å². The molecule has 1 aromatic rings. The summed E-state index contributed by atoms with van der Waals surface area (Å²) in [5.41, 5.74) is 0. The minimum atomic E-state index is -3.38. The number of hydrogen-bond acceptors (Lipinski definition) is 4. The highest BCUT2D eigenvalue weighted by molar-refractivity contribution is 7.90. The monoisotopic (exact) mass is 340 g/mol. The number of carbonyl (C=O) groups excluding carboxylic acids is 1. The van der Waals surface area contributed by atoms with E-state index in [1.54, 1.807) is 24.0 Å². The maximum atomic E-state index is 12.6. The van der Waals surface area contributed by atoms with E-state index in [1.165, 1.54) is 0 Å². The van der Waals surface area contributed by atoms with Crippen molar-refractivity contribution in [3.05, 3.63) is 23.7 Å². The highest BCUT2D eigenvalue weighted by atomic mass is 32.2. The van der Waals surface area contributed by atoms with Gasteiger partial charge in [0.1, 0.15) is 5.76 Å². The van der Waals surface area contributed by atoms with Crippen LogP contribution in [0.5, 0.6) is 0 Å². The second-order valence-electron chi connectivity index (χ2n) is 6.57. The molecule has 1 atom stereocenters. The molecular formula is C16H24N2O4S. The molecule has 7 heteroatoms. The number of carbonyl (C=O) groups is 1. The van der Waals surface area contributed by atoms with Crippen molar-refractivity contribution in [2.45, 2.75) is 56.7 Å². The zero-order valence-electron chi connectivity index (χ0n) is 13.5. The summed E-state index contributed by atoms with van der Waals surface area (Å²) in [6, 6.07) is 3.46. The fourth-order valence-corrected chi connectivity index (χ4v) is 5.20. The van der Waals surface area contributed by atoms with E-state index in [4.69, 9.17) is 4.42 Å². The number of furan rings is 1. The van der Waals surface area contributed by atoms with Gasteiger partial charge in [0.2, 0.25) is 10.0 Å². The van der Waals surface area contributed by atoms with Gasteiger partial charge in [0.25, 0.3) is 5.91 Å². The third-order valence-corrected chi connectivity index (χ3v) is 6.67. The van der Waals surface area contributed by atoms with Gasteiger partial charge in [0, 0.05) is 19.1 Å². The van der Waals surface area contributed by atoms with Crippen LogP contribution in [0.15, 0.2) is 16.5 Å². The average Bonchev–Trinajstić information content (AvgIpc) is 3.18.